The Balaban J connectivity index is 1.58. The Labute approximate surface area is 179 Å². The number of carbonyl (C=O) groups excluding carboxylic acids is 1. The first-order valence-electron chi connectivity index (χ1n) is 10.5. The van der Waals surface area contributed by atoms with Gasteiger partial charge in [0.15, 0.2) is 10.8 Å². The van der Waals surface area contributed by atoms with Gasteiger partial charge in [0.2, 0.25) is 5.91 Å². The Morgan fingerprint density at radius 3 is 2.87 bits per heavy atom. The second-order valence-corrected chi connectivity index (χ2v) is 8.83. The van der Waals surface area contributed by atoms with Crippen LogP contribution in [0.4, 0.5) is 0 Å². The minimum absolute atomic E-state index is 0.108. The summed E-state index contributed by atoms with van der Waals surface area (Å²) in [6, 6.07) is 6.35. The zero-order chi connectivity index (χ0) is 21.3. The summed E-state index contributed by atoms with van der Waals surface area (Å²) in [5.74, 6) is 0.375. The number of likely N-dealkylation sites (tertiary alicyclic amines) is 1. The van der Waals surface area contributed by atoms with Crippen LogP contribution in [0.1, 0.15) is 43.7 Å². The molecule has 1 fully saturated rings. The van der Waals surface area contributed by atoms with Crippen molar-refractivity contribution in [1.29, 1.82) is 0 Å². The Bertz CT molecular complexity index is 1140. The van der Waals surface area contributed by atoms with Gasteiger partial charge in [-0.05, 0) is 62.8 Å². The number of amides is 1. The highest BCUT2D eigenvalue weighted by Crippen LogP contribution is 2.23. The van der Waals surface area contributed by atoms with Gasteiger partial charge in [-0.15, -0.1) is 0 Å². The normalized spacial score (nSPS) is 16.9. The number of fused-ring (bicyclic) bond motifs is 1. The molecule has 1 aliphatic rings. The van der Waals surface area contributed by atoms with Gasteiger partial charge in [-0.3, -0.25) is 9.59 Å². The third-order valence-corrected chi connectivity index (χ3v) is 6.76. The van der Waals surface area contributed by atoms with Crippen LogP contribution in [-0.4, -0.2) is 48.9 Å². The summed E-state index contributed by atoms with van der Waals surface area (Å²) < 4.78 is 1.68. The zero-order valence-corrected chi connectivity index (χ0v) is 18.5. The molecule has 4 rings (SSSR count). The number of nitrogens with one attached hydrogen (secondary N) is 1. The van der Waals surface area contributed by atoms with Gasteiger partial charge < -0.3 is 9.88 Å². The predicted octanol–water partition coefficient (Wildman–Crippen LogP) is 3.61. The van der Waals surface area contributed by atoms with E-state index in [-0.39, 0.29) is 17.2 Å². The monoisotopic (exact) mass is 425 g/mol. The lowest BCUT2D eigenvalue weighted by molar-refractivity contribution is -0.132. The summed E-state index contributed by atoms with van der Waals surface area (Å²) in [7, 11) is 0. The van der Waals surface area contributed by atoms with E-state index in [2.05, 4.69) is 28.9 Å². The fourth-order valence-corrected chi connectivity index (χ4v) is 4.72. The highest BCUT2D eigenvalue weighted by atomic mass is 32.2. The number of aryl methyl sites for hydroxylation is 2. The Kier molecular flexibility index (Phi) is 5.94. The number of nitrogens with zero attached hydrogens (tertiary/aromatic N) is 4. The first-order chi connectivity index (χ1) is 14.5. The van der Waals surface area contributed by atoms with Crippen LogP contribution in [0.3, 0.4) is 0 Å². The van der Waals surface area contributed by atoms with E-state index in [1.54, 1.807) is 4.68 Å². The summed E-state index contributed by atoms with van der Waals surface area (Å²) in [6.07, 6.45) is 5.83. The second-order valence-electron chi connectivity index (χ2n) is 7.87. The number of aromatic amines is 1. The lowest BCUT2D eigenvalue weighted by Gasteiger charge is -2.35. The highest BCUT2D eigenvalue weighted by Gasteiger charge is 2.25. The van der Waals surface area contributed by atoms with Gasteiger partial charge in [0.25, 0.3) is 5.56 Å². The van der Waals surface area contributed by atoms with Crippen LogP contribution >= 0.6 is 11.8 Å². The van der Waals surface area contributed by atoms with E-state index in [9.17, 15) is 9.59 Å². The molecule has 3 heterocycles. The number of benzene rings is 1. The molecule has 8 heteroatoms. The Morgan fingerprint density at radius 2 is 2.10 bits per heavy atom. The summed E-state index contributed by atoms with van der Waals surface area (Å²) in [6.45, 7) is 7.05. The predicted molar refractivity (Wildman–Crippen MR) is 119 cm³/mol. The van der Waals surface area contributed by atoms with E-state index >= 15 is 0 Å². The molecule has 1 unspecified atom stereocenters. The van der Waals surface area contributed by atoms with Crippen molar-refractivity contribution in [1.82, 2.24) is 24.6 Å². The molecule has 0 aliphatic carbocycles. The summed E-state index contributed by atoms with van der Waals surface area (Å²) in [4.78, 5) is 34.7. The average molecular weight is 426 g/mol. The SMILES string of the molecule is CCC1CCCCN1C(=O)CSc1nc2c(cnn2-c2ccc(C)c(C)c2)c(=O)[nH]1. The summed E-state index contributed by atoms with van der Waals surface area (Å²) in [5, 5.41) is 5.25. The number of piperidine rings is 1. The lowest BCUT2D eigenvalue weighted by Crippen LogP contribution is -2.44. The van der Waals surface area contributed by atoms with Crippen LogP contribution in [0.5, 0.6) is 0 Å². The van der Waals surface area contributed by atoms with Crippen LogP contribution in [0.2, 0.25) is 0 Å². The maximum absolute atomic E-state index is 12.8. The quantitative estimate of drug-likeness (QED) is 0.499. The van der Waals surface area contributed by atoms with Crippen molar-refractivity contribution in [2.24, 2.45) is 0 Å². The molecule has 1 atom stereocenters. The van der Waals surface area contributed by atoms with E-state index in [0.717, 1.165) is 37.1 Å². The number of thioether (sulfide) groups is 1. The van der Waals surface area contributed by atoms with Crippen molar-refractivity contribution in [3.63, 3.8) is 0 Å². The minimum Gasteiger partial charge on any atom is -0.339 e. The van der Waals surface area contributed by atoms with E-state index in [4.69, 9.17) is 0 Å². The number of H-pyrrole nitrogens is 1. The van der Waals surface area contributed by atoms with E-state index in [1.165, 1.54) is 29.9 Å². The van der Waals surface area contributed by atoms with Gasteiger partial charge in [-0.1, -0.05) is 24.8 Å². The minimum atomic E-state index is -0.241. The number of rotatable bonds is 5. The second kappa shape index (κ2) is 8.63. The molecule has 1 saturated heterocycles. The van der Waals surface area contributed by atoms with Gasteiger partial charge in [0.1, 0.15) is 5.39 Å². The smallest absolute Gasteiger partial charge is 0.262 e. The molecule has 2 aromatic heterocycles. The molecule has 1 aliphatic heterocycles. The zero-order valence-electron chi connectivity index (χ0n) is 17.6. The lowest BCUT2D eigenvalue weighted by atomic mass is 10.0. The van der Waals surface area contributed by atoms with Crippen molar-refractivity contribution < 1.29 is 4.79 Å². The summed E-state index contributed by atoms with van der Waals surface area (Å²) >= 11 is 1.28. The van der Waals surface area contributed by atoms with Crippen LogP contribution in [-0.2, 0) is 4.79 Å². The van der Waals surface area contributed by atoms with Gasteiger partial charge >= 0.3 is 0 Å². The molecule has 0 spiro atoms. The van der Waals surface area contributed by atoms with Crippen LogP contribution in [0, 0.1) is 13.8 Å². The molecule has 0 bridgehead atoms. The molecule has 30 heavy (non-hydrogen) atoms. The Morgan fingerprint density at radius 1 is 1.27 bits per heavy atom. The number of hydrogen-bond acceptors (Lipinski definition) is 5. The van der Waals surface area contributed by atoms with Gasteiger partial charge in [0.05, 0.1) is 17.6 Å². The molecule has 0 saturated carbocycles. The molecule has 1 N–H and O–H groups in total. The fraction of sp³-hybridized carbons (Fsp3) is 0.455. The maximum atomic E-state index is 12.8. The maximum Gasteiger partial charge on any atom is 0.262 e. The van der Waals surface area contributed by atoms with Crippen molar-refractivity contribution >= 4 is 28.7 Å². The molecular formula is C22H27N5O2S. The standard InChI is InChI=1S/C22H27N5O2S/c1-4-16-7-5-6-10-26(16)19(28)13-30-22-24-20-18(21(29)25-22)12-23-27(20)17-9-8-14(2)15(3)11-17/h8-9,11-12,16H,4-7,10,13H2,1-3H3,(H,24,25,29). The first kappa shape index (κ1) is 20.7. The van der Waals surface area contributed by atoms with Crippen LogP contribution < -0.4 is 5.56 Å². The van der Waals surface area contributed by atoms with E-state index < -0.39 is 0 Å². The molecular weight excluding hydrogens is 398 g/mol. The topological polar surface area (TPSA) is 83.9 Å². The molecule has 1 aromatic carbocycles. The first-order valence-corrected chi connectivity index (χ1v) is 11.4. The fourth-order valence-electron chi connectivity index (χ4n) is 3.98. The van der Waals surface area contributed by atoms with Crippen LogP contribution in [0.25, 0.3) is 16.7 Å². The van der Waals surface area contributed by atoms with Gasteiger partial charge in [0, 0.05) is 12.6 Å². The number of carbonyl (C=O) groups is 1. The average Bonchev–Trinajstić information content (AvgIpc) is 3.18. The third kappa shape index (κ3) is 4.01. The van der Waals surface area contributed by atoms with Crippen molar-refractivity contribution in [2.75, 3.05) is 12.3 Å². The van der Waals surface area contributed by atoms with E-state index in [0.29, 0.717) is 22.2 Å². The molecule has 1 amide bonds. The molecule has 3 aromatic rings. The van der Waals surface area contributed by atoms with Gasteiger partial charge in [-0.2, -0.15) is 5.10 Å². The largest absolute Gasteiger partial charge is 0.339 e. The number of aromatic nitrogens is 4. The van der Waals surface area contributed by atoms with Crippen molar-refractivity contribution in [2.45, 2.75) is 57.7 Å². The Hall–Kier alpha value is -2.61. The molecule has 7 nitrogen and oxygen atoms in total. The molecule has 0 radical (unpaired) electrons. The van der Waals surface area contributed by atoms with Crippen molar-refractivity contribution in [3.8, 4) is 5.69 Å². The number of hydrogen-bond donors (Lipinski definition) is 1. The third-order valence-electron chi connectivity index (χ3n) is 5.90. The van der Waals surface area contributed by atoms with E-state index in [1.807, 2.05) is 30.0 Å². The highest BCUT2D eigenvalue weighted by molar-refractivity contribution is 7.99. The molecule has 158 valence electrons. The van der Waals surface area contributed by atoms with Crippen molar-refractivity contribution in [3.05, 3.63) is 45.9 Å². The van der Waals surface area contributed by atoms with Crippen LogP contribution in [0.15, 0.2) is 34.3 Å². The van der Waals surface area contributed by atoms with Gasteiger partial charge in [-0.25, -0.2) is 9.67 Å². The summed E-state index contributed by atoms with van der Waals surface area (Å²) in [5.41, 5.74) is 3.46.